The van der Waals surface area contributed by atoms with E-state index in [9.17, 15) is 33.2 Å². The number of rotatable bonds is 12. The van der Waals surface area contributed by atoms with Gasteiger partial charge in [0, 0.05) is 18.2 Å². The molecule has 0 spiro atoms. The van der Waals surface area contributed by atoms with Crippen LogP contribution in [0, 0.1) is 27.2 Å². The molecule has 0 aromatic heterocycles. The number of benzene rings is 3. The van der Waals surface area contributed by atoms with Gasteiger partial charge in [-0.2, -0.15) is 8.42 Å². The summed E-state index contributed by atoms with van der Waals surface area (Å²) in [6, 6.07) is 14.9. The Labute approximate surface area is 213 Å². The van der Waals surface area contributed by atoms with Gasteiger partial charge in [-0.15, -0.1) is 0 Å². The molecule has 0 bridgehead atoms. The zero-order chi connectivity index (χ0) is 27.0. The molecule has 1 N–H and O–H groups in total. The van der Waals surface area contributed by atoms with E-state index in [1.807, 2.05) is 0 Å². The molecule has 0 aliphatic heterocycles. The molecule has 0 aliphatic rings. The molecule has 3 aromatic rings. The number of nitro benzene ring substituents is 2. The number of non-ortho nitro benzene ring substituents is 1. The smallest absolute Gasteiger partial charge is 0.310 e. The van der Waals surface area contributed by atoms with E-state index in [-0.39, 0.29) is 48.3 Å². The van der Waals surface area contributed by atoms with Gasteiger partial charge in [0.1, 0.15) is 6.61 Å². The molecule has 0 saturated heterocycles. The molecule has 0 amide bonds. The zero-order valence-electron chi connectivity index (χ0n) is 19.8. The van der Waals surface area contributed by atoms with Gasteiger partial charge >= 0.3 is 5.69 Å². The van der Waals surface area contributed by atoms with Crippen LogP contribution in [0.3, 0.4) is 0 Å². The SMILES string of the molecule is Cc1ccc(S(=O)(=O)O)c(CCOCCOc2cc(/C=C/c3ccc([N+](=O)[O-])cc3)ccc2[N+](=O)[O-])c1. The standard InChI is InChI=1S/C25H24N2O9S/c1-18-2-11-25(37(32,33)34)21(16-18)12-13-35-14-15-36-24-17-20(7-10-23(24)27(30)31)4-3-19-5-8-22(9-6-19)26(28)29/h2-11,16-17H,12-15H2,1H3,(H,32,33,34)/b4-3+. The summed E-state index contributed by atoms with van der Waals surface area (Å²) in [6.45, 7) is 2.05. The highest BCUT2D eigenvalue weighted by Gasteiger charge is 2.16. The molecule has 0 heterocycles. The molecule has 194 valence electrons. The van der Waals surface area contributed by atoms with Crippen molar-refractivity contribution in [1.82, 2.24) is 0 Å². The van der Waals surface area contributed by atoms with Crippen molar-refractivity contribution in [2.75, 3.05) is 19.8 Å². The molecule has 3 aromatic carbocycles. The van der Waals surface area contributed by atoms with Crippen LogP contribution in [-0.4, -0.2) is 42.6 Å². The van der Waals surface area contributed by atoms with Crippen LogP contribution in [0.2, 0.25) is 0 Å². The van der Waals surface area contributed by atoms with Crippen molar-refractivity contribution >= 4 is 33.6 Å². The number of hydrogen-bond donors (Lipinski definition) is 1. The van der Waals surface area contributed by atoms with Gasteiger partial charge in [-0.1, -0.05) is 29.8 Å². The summed E-state index contributed by atoms with van der Waals surface area (Å²) in [5, 5.41) is 22.1. The fraction of sp³-hybridized carbons (Fsp3) is 0.200. The maximum Gasteiger partial charge on any atom is 0.310 e. The predicted molar refractivity (Wildman–Crippen MR) is 136 cm³/mol. The molecule has 0 atom stereocenters. The van der Waals surface area contributed by atoms with Crippen molar-refractivity contribution in [2.45, 2.75) is 18.2 Å². The summed E-state index contributed by atoms with van der Waals surface area (Å²) < 4.78 is 43.5. The van der Waals surface area contributed by atoms with E-state index in [2.05, 4.69) is 0 Å². The Morgan fingerprint density at radius 3 is 2.19 bits per heavy atom. The van der Waals surface area contributed by atoms with E-state index < -0.39 is 20.0 Å². The Hall–Kier alpha value is -4.13. The minimum Gasteiger partial charge on any atom is -0.484 e. The van der Waals surface area contributed by atoms with Gasteiger partial charge < -0.3 is 9.47 Å². The molecule has 12 heteroatoms. The van der Waals surface area contributed by atoms with Crippen LogP contribution < -0.4 is 4.74 Å². The monoisotopic (exact) mass is 528 g/mol. The summed E-state index contributed by atoms with van der Waals surface area (Å²) in [6.07, 6.45) is 3.65. The van der Waals surface area contributed by atoms with Crippen molar-refractivity contribution in [3.63, 3.8) is 0 Å². The Balaban J connectivity index is 1.58. The van der Waals surface area contributed by atoms with Gasteiger partial charge in [-0.3, -0.25) is 24.8 Å². The topological polar surface area (TPSA) is 159 Å². The molecule has 0 saturated carbocycles. The maximum absolute atomic E-state index is 11.5. The Bertz CT molecular complexity index is 1420. The number of nitrogens with zero attached hydrogens (tertiary/aromatic N) is 2. The van der Waals surface area contributed by atoms with Gasteiger partial charge in [-0.25, -0.2) is 0 Å². The van der Waals surface area contributed by atoms with Crippen LogP contribution in [0.5, 0.6) is 5.75 Å². The first-order valence-corrected chi connectivity index (χ1v) is 12.5. The molecular formula is C25H24N2O9S. The Kier molecular flexibility index (Phi) is 9.06. The highest BCUT2D eigenvalue weighted by Crippen LogP contribution is 2.29. The molecular weight excluding hydrogens is 504 g/mol. The first-order chi connectivity index (χ1) is 17.5. The van der Waals surface area contributed by atoms with E-state index in [0.717, 1.165) is 5.56 Å². The van der Waals surface area contributed by atoms with E-state index in [0.29, 0.717) is 16.7 Å². The lowest BCUT2D eigenvalue weighted by atomic mass is 10.1. The van der Waals surface area contributed by atoms with Gasteiger partial charge in [-0.05, 0) is 60.4 Å². The Morgan fingerprint density at radius 1 is 0.865 bits per heavy atom. The third kappa shape index (κ3) is 7.93. The third-order valence-electron chi connectivity index (χ3n) is 5.25. The van der Waals surface area contributed by atoms with Gasteiger partial charge in [0.15, 0.2) is 5.75 Å². The summed E-state index contributed by atoms with van der Waals surface area (Å²) in [7, 11) is -4.36. The van der Waals surface area contributed by atoms with E-state index in [1.165, 1.54) is 30.3 Å². The molecule has 11 nitrogen and oxygen atoms in total. The van der Waals surface area contributed by atoms with Crippen LogP contribution in [0.1, 0.15) is 22.3 Å². The second kappa shape index (κ2) is 12.2. The second-order valence-electron chi connectivity index (χ2n) is 7.96. The number of ether oxygens (including phenoxy) is 2. The molecule has 0 radical (unpaired) electrons. The fourth-order valence-electron chi connectivity index (χ4n) is 3.45. The van der Waals surface area contributed by atoms with Gasteiger partial charge in [0.05, 0.1) is 28.0 Å². The molecule has 3 rings (SSSR count). The quantitative estimate of drug-likeness (QED) is 0.114. The van der Waals surface area contributed by atoms with Crippen molar-refractivity contribution in [3.8, 4) is 5.75 Å². The summed E-state index contributed by atoms with van der Waals surface area (Å²) in [4.78, 5) is 20.9. The van der Waals surface area contributed by atoms with Crippen LogP contribution in [0.25, 0.3) is 12.2 Å². The number of nitro groups is 2. The average Bonchev–Trinajstić information content (AvgIpc) is 2.84. The highest BCUT2D eigenvalue weighted by molar-refractivity contribution is 7.85. The minimum atomic E-state index is -4.36. The molecule has 0 fully saturated rings. The van der Waals surface area contributed by atoms with E-state index in [4.69, 9.17) is 9.47 Å². The lowest BCUT2D eigenvalue weighted by molar-refractivity contribution is -0.385. The van der Waals surface area contributed by atoms with Crippen molar-refractivity contribution in [1.29, 1.82) is 0 Å². The van der Waals surface area contributed by atoms with Crippen LogP contribution >= 0.6 is 0 Å². The fourth-order valence-corrected chi connectivity index (χ4v) is 4.18. The lowest BCUT2D eigenvalue weighted by Crippen LogP contribution is -2.11. The van der Waals surface area contributed by atoms with Crippen molar-refractivity contribution in [2.24, 2.45) is 0 Å². The Morgan fingerprint density at radius 2 is 1.54 bits per heavy atom. The van der Waals surface area contributed by atoms with Gasteiger partial charge in [0.2, 0.25) is 0 Å². The zero-order valence-corrected chi connectivity index (χ0v) is 20.6. The molecule has 0 aliphatic carbocycles. The number of aryl methyl sites for hydroxylation is 1. The summed E-state index contributed by atoms with van der Waals surface area (Å²) in [5.41, 5.74) is 2.35. The second-order valence-corrected chi connectivity index (χ2v) is 9.35. The third-order valence-corrected chi connectivity index (χ3v) is 6.20. The minimum absolute atomic E-state index is 0.00926. The first kappa shape index (κ1) is 27.5. The van der Waals surface area contributed by atoms with Crippen molar-refractivity contribution in [3.05, 3.63) is 103 Å². The van der Waals surface area contributed by atoms with E-state index in [1.54, 1.807) is 49.4 Å². The van der Waals surface area contributed by atoms with Crippen LogP contribution in [0.4, 0.5) is 11.4 Å². The lowest BCUT2D eigenvalue weighted by Gasteiger charge is -2.10. The largest absolute Gasteiger partial charge is 0.484 e. The molecule has 37 heavy (non-hydrogen) atoms. The maximum atomic E-state index is 11.5. The first-order valence-electron chi connectivity index (χ1n) is 11.0. The summed E-state index contributed by atoms with van der Waals surface area (Å²) in [5.74, 6) is 0.0480. The van der Waals surface area contributed by atoms with Crippen LogP contribution in [0.15, 0.2) is 65.6 Å². The highest BCUT2D eigenvalue weighted by atomic mass is 32.2. The van der Waals surface area contributed by atoms with Gasteiger partial charge in [0.25, 0.3) is 15.8 Å². The van der Waals surface area contributed by atoms with Crippen molar-refractivity contribution < 1.29 is 32.3 Å². The average molecular weight is 529 g/mol. The predicted octanol–water partition coefficient (Wildman–Crippen LogP) is 4.87. The van der Waals surface area contributed by atoms with E-state index >= 15 is 0 Å². The summed E-state index contributed by atoms with van der Waals surface area (Å²) >= 11 is 0. The normalized spacial score (nSPS) is 11.5. The number of hydrogen-bond acceptors (Lipinski definition) is 8. The van der Waals surface area contributed by atoms with Crippen LogP contribution in [-0.2, 0) is 21.3 Å². The molecule has 0 unspecified atom stereocenters.